The van der Waals surface area contributed by atoms with Crippen molar-refractivity contribution in [2.24, 2.45) is 5.92 Å². The number of Topliss-reactive ketones (excluding diaryl/α,β-unsaturated/α-hetero) is 1. The minimum atomic E-state index is -0.121. The van der Waals surface area contributed by atoms with E-state index in [1.807, 2.05) is 55.1 Å². The van der Waals surface area contributed by atoms with E-state index in [4.69, 9.17) is 0 Å². The van der Waals surface area contributed by atoms with E-state index in [2.05, 4.69) is 4.98 Å². The summed E-state index contributed by atoms with van der Waals surface area (Å²) in [6.45, 7) is 5.38. The van der Waals surface area contributed by atoms with Crippen LogP contribution in [0, 0.1) is 19.8 Å². The minimum Gasteiger partial charge on any atom is -0.343 e. The van der Waals surface area contributed by atoms with Crippen LogP contribution in [-0.4, -0.2) is 39.2 Å². The van der Waals surface area contributed by atoms with Gasteiger partial charge in [0.25, 0.3) is 5.56 Å². The molecule has 2 aromatic carbocycles. The monoisotopic (exact) mass is 417 g/mol. The molecule has 0 bridgehead atoms. The van der Waals surface area contributed by atoms with Gasteiger partial charge >= 0.3 is 0 Å². The van der Waals surface area contributed by atoms with Gasteiger partial charge in [0, 0.05) is 37.5 Å². The molecule has 0 N–H and O–H groups in total. The number of piperidine rings is 1. The standard InChI is InChI=1S/C25H27N3O3/c1-17-6-8-19(9-7-17)24(30)20-10-13-27(14-11-20)22(29)12-15-28-16-26-23-18(2)4-3-5-21(23)25(28)31/h3-9,16,20H,10-15H2,1-2H3. The van der Waals surface area contributed by atoms with Crippen LogP contribution in [-0.2, 0) is 11.3 Å². The first-order valence-electron chi connectivity index (χ1n) is 10.8. The van der Waals surface area contributed by atoms with Crippen LogP contribution in [0.5, 0.6) is 0 Å². The molecule has 31 heavy (non-hydrogen) atoms. The average molecular weight is 418 g/mol. The van der Waals surface area contributed by atoms with Crippen LogP contribution in [0.15, 0.2) is 53.6 Å². The van der Waals surface area contributed by atoms with Gasteiger partial charge in [-0.15, -0.1) is 0 Å². The Morgan fingerprint density at radius 2 is 1.74 bits per heavy atom. The summed E-state index contributed by atoms with van der Waals surface area (Å²) < 4.78 is 1.51. The van der Waals surface area contributed by atoms with Crippen LogP contribution >= 0.6 is 0 Å². The molecular weight excluding hydrogens is 390 g/mol. The summed E-state index contributed by atoms with van der Waals surface area (Å²) in [5, 5.41) is 0.574. The molecular formula is C25H27N3O3. The lowest BCUT2D eigenvalue weighted by Crippen LogP contribution is -2.40. The molecule has 3 aromatic rings. The van der Waals surface area contributed by atoms with E-state index < -0.39 is 0 Å². The number of ketones is 1. The van der Waals surface area contributed by atoms with Gasteiger partial charge in [0.1, 0.15) is 0 Å². The summed E-state index contributed by atoms with van der Waals surface area (Å²) in [6.07, 6.45) is 3.12. The van der Waals surface area contributed by atoms with Crippen LogP contribution < -0.4 is 5.56 Å². The van der Waals surface area contributed by atoms with Crippen molar-refractivity contribution in [2.75, 3.05) is 13.1 Å². The number of nitrogens with zero attached hydrogens (tertiary/aromatic N) is 3. The van der Waals surface area contributed by atoms with Crippen molar-refractivity contribution >= 4 is 22.6 Å². The summed E-state index contributed by atoms with van der Waals surface area (Å²) in [4.78, 5) is 44.3. The van der Waals surface area contributed by atoms with Crippen molar-refractivity contribution in [3.05, 3.63) is 75.8 Å². The fourth-order valence-electron chi connectivity index (χ4n) is 4.22. The zero-order chi connectivity index (χ0) is 22.0. The third-order valence-electron chi connectivity index (χ3n) is 6.18. The number of amides is 1. The maximum atomic E-state index is 12.7. The molecule has 160 valence electrons. The van der Waals surface area contributed by atoms with Gasteiger partial charge in [-0.25, -0.2) is 4.98 Å². The molecule has 0 unspecified atom stereocenters. The summed E-state index contributed by atoms with van der Waals surface area (Å²) in [5.74, 6) is 0.135. The Morgan fingerprint density at radius 3 is 2.45 bits per heavy atom. The zero-order valence-corrected chi connectivity index (χ0v) is 18.0. The highest BCUT2D eigenvalue weighted by molar-refractivity contribution is 5.98. The largest absolute Gasteiger partial charge is 0.343 e. The maximum absolute atomic E-state index is 12.7. The van der Waals surface area contributed by atoms with Gasteiger partial charge in [0.15, 0.2) is 5.78 Å². The van der Waals surface area contributed by atoms with Crippen LogP contribution in [0.3, 0.4) is 0 Å². The fourth-order valence-corrected chi connectivity index (χ4v) is 4.22. The molecule has 0 aliphatic carbocycles. The summed E-state index contributed by atoms with van der Waals surface area (Å²) >= 11 is 0. The number of likely N-dealkylation sites (tertiary alicyclic amines) is 1. The SMILES string of the molecule is Cc1ccc(C(=O)C2CCN(C(=O)CCn3cnc4c(C)cccc4c3=O)CC2)cc1. The molecule has 0 atom stereocenters. The van der Waals surface area contributed by atoms with Gasteiger partial charge in [-0.1, -0.05) is 42.0 Å². The van der Waals surface area contributed by atoms with Gasteiger partial charge in [0.05, 0.1) is 17.2 Å². The number of rotatable bonds is 5. The number of aryl methyl sites for hydroxylation is 3. The van der Waals surface area contributed by atoms with E-state index in [-0.39, 0.29) is 29.6 Å². The Balaban J connectivity index is 1.34. The Morgan fingerprint density at radius 1 is 1.03 bits per heavy atom. The highest BCUT2D eigenvalue weighted by Gasteiger charge is 2.27. The highest BCUT2D eigenvalue weighted by Crippen LogP contribution is 2.22. The maximum Gasteiger partial charge on any atom is 0.261 e. The van der Waals surface area contributed by atoms with Gasteiger partial charge in [-0.05, 0) is 38.3 Å². The summed E-state index contributed by atoms with van der Waals surface area (Å²) in [5.41, 5.74) is 3.42. The molecule has 1 aromatic heterocycles. The molecule has 2 heterocycles. The molecule has 0 radical (unpaired) electrons. The first-order valence-corrected chi connectivity index (χ1v) is 10.8. The van der Waals surface area contributed by atoms with E-state index in [0.717, 1.165) is 16.7 Å². The predicted octanol–water partition coefficient (Wildman–Crippen LogP) is 3.52. The molecule has 0 saturated carbocycles. The second kappa shape index (κ2) is 8.84. The Bertz CT molecular complexity index is 1170. The molecule has 1 aliphatic heterocycles. The van der Waals surface area contributed by atoms with Crippen molar-refractivity contribution in [1.29, 1.82) is 0 Å². The van der Waals surface area contributed by atoms with Crippen molar-refractivity contribution in [3.8, 4) is 0 Å². The molecule has 0 spiro atoms. The third-order valence-corrected chi connectivity index (χ3v) is 6.18. The van der Waals surface area contributed by atoms with E-state index in [1.165, 1.54) is 10.9 Å². The topological polar surface area (TPSA) is 72.3 Å². The highest BCUT2D eigenvalue weighted by atomic mass is 16.2. The van der Waals surface area contributed by atoms with Gasteiger partial charge in [0.2, 0.25) is 5.91 Å². The van der Waals surface area contributed by atoms with Crippen molar-refractivity contribution < 1.29 is 9.59 Å². The van der Waals surface area contributed by atoms with E-state index in [9.17, 15) is 14.4 Å². The zero-order valence-electron chi connectivity index (χ0n) is 18.0. The third kappa shape index (κ3) is 4.43. The van der Waals surface area contributed by atoms with E-state index in [0.29, 0.717) is 43.4 Å². The molecule has 6 heteroatoms. The first-order chi connectivity index (χ1) is 14.9. The van der Waals surface area contributed by atoms with Crippen LogP contribution in [0.25, 0.3) is 10.9 Å². The average Bonchev–Trinajstić information content (AvgIpc) is 2.79. The smallest absolute Gasteiger partial charge is 0.261 e. The summed E-state index contributed by atoms with van der Waals surface area (Å²) in [6, 6.07) is 13.2. The lowest BCUT2D eigenvalue weighted by molar-refractivity contribution is -0.132. The van der Waals surface area contributed by atoms with E-state index in [1.54, 1.807) is 6.07 Å². The van der Waals surface area contributed by atoms with Gasteiger partial charge < -0.3 is 4.90 Å². The number of fused-ring (bicyclic) bond motifs is 1. The number of carbonyl (C=O) groups excluding carboxylic acids is 2. The molecule has 1 saturated heterocycles. The normalized spacial score (nSPS) is 14.7. The molecule has 1 amide bonds. The van der Waals surface area contributed by atoms with Crippen LogP contribution in [0.2, 0.25) is 0 Å². The second-order valence-electron chi connectivity index (χ2n) is 8.35. The minimum absolute atomic E-state index is 0.0116. The fraction of sp³-hybridized carbons (Fsp3) is 0.360. The Hall–Kier alpha value is -3.28. The number of para-hydroxylation sites is 1. The van der Waals surface area contributed by atoms with Crippen molar-refractivity contribution in [3.63, 3.8) is 0 Å². The number of hydrogen-bond donors (Lipinski definition) is 0. The molecule has 1 fully saturated rings. The number of carbonyl (C=O) groups is 2. The summed E-state index contributed by atoms with van der Waals surface area (Å²) in [7, 11) is 0. The Labute approximate surface area is 181 Å². The molecule has 6 nitrogen and oxygen atoms in total. The number of benzene rings is 2. The van der Waals surface area contributed by atoms with Gasteiger partial charge in [-0.2, -0.15) is 0 Å². The van der Waals surface area contributed by atoms with Crippen molar-refractivity contribution in [2.45, 2.75) is 39.7 Å². The van der Waals surface area contributed by atoms with Crippen LogP contribution in [0.4, 0.5) is 0 Å². The lowest BCUT2D eigenvalue weighted by Gasteiger charge is -2.31. The second-order valence-corrected chi connectivity index (χ2v) is 8.35. The first kappa shape index (κ1) is 21.0. The van der Waals surface area contributed by atoms with Crippen LogP contribution in [0.1, 0.15) is 40.7 Å². The van der Waals surface area contributed by atoms with E-state index >= 15 is 0 Å². The number of hydrogen-bond acceptors (Lipinski definition) is 4. The lowest BCUT2D eigenvalue weighted by atomic mass is 9.88. The number of aromatic nitrogens is 2. The molecule has 1 aliphatic rings. The van der Waals surface area contributed by atoms with Gasteiger partial charge in [-0.3, -0.25) is 19.0 Å². The predicted molar refractivity (Wildman–Crippen MR) is 120 cm³/mol. The quantitative estimate of drug-likeness (QED) is 0.596. The van der Waals surface area contributed by atoms with Crippen molar-refractivity contribution in [1.82, 2.24) is 14.5 Å². The molecule has 4 rings (SSSR count). The Kier molecular flexibility index (Phi) is 5.98.